The number of nitrogens with two attached hydrogens (primary N) is 1. The molecule has 0 bridgehead atoms. The van der Waals surface area contributed by atoms with Gasteiger partial charge in [-0.25, -0.2) is 13.1 Å². The van der Waals surface area contributed by atoms with E-state index >= 15 is 0 Å². The predicted octanol–water partition coefficient (Wildman–Crippen LogP) is 4.40. The lowest BCUT2D eigenvalue weighted by molar-refractivity contribution is 0.596. The minimum absolute atomic E-state index is 0.272. The molecule has 4 aromatic rings. The number of nitrogens with zero attached hydrogens (tertiary/aromatic N) is 3. The Morgan fingerprint density at radius 1 is 0.806 bits per heavy atom. The number of benzene rings is 3. The number of aromatic nitrogens is 3. The molecule has 1 aromatic heterocycles. The maximum atomic E-state index is 12.8. The Balaban J connectivity index is 1.47. The predicted molar refractivity (Wildman–Crippen MR) is 123 cm³/mol. The van der Waals surface area contributed by atoms with Crippen LogP contribution in [0.5, 0.6) is 0 Å². The van der Waals surface area contributed by atoms with E-state index in [4.69, 9.17) is 5.84 Å². The van der Waals surface area contributed by atoms with Gasteiger partial charge in [-0.3, -0.25) is 0 Å². The van der Waals surface area contributed by atoms with Gasteiger partial charge >= 0.3 is 0 Å². The fraction of sp³-hybridized carbons (Fsp3) is 0.130. The molecule has 0 saturated carbocycles. The van der Waals surface area contributed by atoms with Gasteiger partial charge in [0.15, 0.2) is 5.82 Å². The van der Waals surface area contributed by atoms with E-state index in [9.17, 15) is 8.42 Å². The highest BCUT2D eigenvalue weighted by Gasteiger charge is 2.17. The molecule has 8 heteroatoms. The molecule has 0 aliphatic carbocycles. The summed E-state index contributed by atoms with van der Waals surface area (Å²) in [4.78, 5) is 0.564. The monoisotopic (exact) mass is 450 g/mol. The largest absolute Gasteiger partial charge is 0.335 e. The Hall–Kier alpha value is -3.10. The summed E-state index contributed by atoms with van der Waals surface area (Å²) in [6, 6.07) is 21.7. The summed E-state index contributed by atoms with van der Waals surface area (Å²) in [6.45, 7) is 3.95. The average molecular weight is 451 g/mol. The molecule has 158 valence electrons. The van der Waals surface area contributed by atoms with Gasteiger partial charge in [0.1, 0.15) is 0 Å². The summed E-state index contributed by atoms with van der Waals surface area (Å²) < 4.78 is 27.1. The number of nitrogen functional groups attached to an aromatic ring is 1. The third-order valence-corrected chi connectivity index (χ3v) is 7.71. The van der Waals surface area contributed by atoms with Crippen molar-refractivity contribution >= 4 is 21.6 Å². The zero-order valence-corrected chi connectivity index (χ0v) is 18.8. The van der Waals surface area contributed by atoms with Crippen molar-refractivity contribution in [2.75, 3.05) is 5.84 Å². The number of aryl methyl sites for hydroxylation is 2. The highest BCUT2D eigenvalue weighted by molar-refractivity contribution is 7.98. The second-order valence-electron chi connectivity index (χ2n) is 7.29. The van der Waals surface area contributed by atoms with E-state index in [0.717, 1.165) is 22.3 Å². The summed E-state index contributed by atoms with van der Waals surface area (Å²) in [5, 5.41) is 8.98. The Kier molecular flexibility index (Phi) is 5.84. The third-order valence-electron chi connectivity index (χ3n) is 4.91. The second-order valence-corrected chi connectivity index (χ2v) is 10.2. The molecule has 0 unspecified atom stereocenters. The van der Waals surface area contributed by atoms with Crippen LogP contribution in [-0.4, -0.2) is 23.3 Å². The SMILES string of the molecule is Cc1ccc(-c2nnc(SCc3ccc(S(=O)(=O)c4ccc(C)cc4)cc3)n2N)cc1. The Bertz CT molecular complexity index is 1300. The van der Waals surface area contributed by atoms with Crippen LogP contribution in [0.1, 0.15) is 16.7 Å². The number of thioether (sulfide) groups is 1. The van der Waals surface area contributed by atoms with E-state index < -0.39 is 9.84 Å². The van der Waals surface area contributed by atoms with Crippen molar-refractivity contribution in [3.8, 4) is 11.4 Å². The molecule has 2 N–H and O–H groups in total. The third kappa shape index (κ3) is 4.50. The van der Waals surface area contributed by atoms with Gasteiger partial charge in [0.2, 0.25) is 15.0 Å². The van der Waals surface area contributed by atoms with E-state index in [1.165, 1.54) is 16.4 Å². The molecule has 0 amide bonds. The minimum Gasteiger partial charge on any atom is -0.335 e. The van der Waals surface area contributed by atoms with Crippen LogP contribution < -0.4 is 5.84 Å². The minimum atomic E-state index is -3.53. The molecule has 0 aliphatic rings. The average Bonchev–Trinajstić information content (AvgIpc) is 3.14. The summed E-state index contributed by atoms with van der Waals surface area (Å²) in [6.07, 6.45) is 0. The molecule has 0 atom stereocenters. The molecule has 31 heavy (non-hydrogen) atoms. The van der Waals surface area contributed by atoms with E-state index in [1.807, 2.05) is 50.2 Å². The van der Waals surface area contributed by atoms with Crippen molar-refractivity contribution in [1.29, 1.82) is 0 Å². The summed E-state index contributed by atoms with van der Waals surface area (Å²) in [7, 11) is -3.53. The topological polar surface area (TPSA) is 90.9 Å². The van der Waals surface area contributed by atoms with Crippen molar-refractivity contribution in [3.05, 3.63) is 89.5 Å². The van der Waals surface area contributed by atoms with Gasteiger partial charge in [-0.05, 0) is 43.7 Å². The first-order chi connectivity index (χ1) is 14.8. The highest BCUT2D eigenvalue weighted by Crippen LogP contribution is 2.26. The zero-order valence-electron chi connectivity index (χ0n) is 17.2. The first kappa shape index (κ1) is 21.1. The van der Waals surface area contributed by atoms with E-state index in [1.54, 1.807) is 36.4 Å². The van der Waals surface area contributed by atoms with E-state index in [0.29, 0.717) is 21.6 Å². The molecule has 3 aromatic carbocycles. The molecule has 4 rings (SSSR count). The lowest BCUT2D eigenvalue weighted by Gasteiger charge is -2.07. The van der Waals surface area contributed by atoms with Gasteiger partial charge in [0.25, 0.3) is 0 Å². The Morgan fingerprint density at radius 3 is 1.90 bits per heavy atom. The molecular formula is C23H22N4O2S2. The quantitative estimate of drug-likeness (QED) is 0.346. The number of sulfone groups is 1. The van der Waals surface area contributed by atoms with Crippen LogP contribution >= 0.6 is 11.8 Å². The lowest BCUT2D eigenvalue weighted by Crippen LogP contribution is -2.11. The Labute approximate surface area is 186 Å². The molecular weight excluding hydrogens is 428 g/mol. The van der Waals surface area contributed by atoms with E-state index in [-0.39, 0.29) is 4.90 Å². The number of hydrogen-bond donors (Lipinski definition) is 1. The van der Waals surface area contributed by atoms with Crippen LogP contribution in [0.4, 0.5) is 0 Å². The number of hydrogen-bond acceptors (Lipinski definition) is 6. The van der Waals surface area contributed by atoms with Crippen LogP contribution in [0, 0.1) is 13.8 Å². The van der Waals surface area contributed by atoms with Gasteiger partial charge in [-0.15, -0.1) is 10.2 Å². The molecule has 6 nitrogen and oxygen atoms in total. The molecule has 0 radical (unpaired) electrons. The van der Waals surface area contributed by atoms with Crippen molar-refractivity contribution in [1.82, 2.24) is 14.9 Å². The lowest BCUT2D eigenvalue weighted by atomic mass is 10.1. The molecule has 0 spiro atoms. The van der Waals surface area contributed by atoms with Crippen LogP contribution in [0.2, 0.25) is 0 Å². The fourth-order valence-electron chi connectivity index (χ4n) is 3.04. The van der Waals surface area contributed by atoms with Crippen LogP contribution in [0.3, 0.4) is 0 Å². The van der Waals surface area contributed by atoms with Gasteiger partial charge in [-0.2, -0.15) is 0 Å². The van der Waals surface area contributed by atoms with E-state index in [2.05, 4.69) is 10.2 Å². The molecule has 0 fully saturated rings. The van der Waals surface area contributed by atoms with Crippen LogP contribution in [-0.2, 0) is 15.6 Å². The van der Waals surface area contributed by atoms with Gasteiger partial charge in [0, 0.05) is 11.3 Å². The smallest absolute Gasteiger partial charge is 0.210 e. The summed E-state index contributed by atoms with van der Waals surface area (Å²) in [5.41, 5.74) is 4.05. The standard InChI is InChI=1S/C23H22N4O2S2/c1-16-3-9-19(10-4-16)22-25-26-23(27(22)24)30-15-18-7-13-21(14-8-18)31(28,29)20-11-5-17(2)6-12-20/h3-14H,15,24H2,1-2H3. The van der Waals surface area contributed by atoms with Crippen LogP contribution in [0.15, 0.2) is 87.7 Å². The maximum Gasteiger partial charge on any atom is 0.210 e. The van der Waals surface area contributed by atoms with Crippen LogP contribution in [0.25, 0.3) is 11.4 Å². The highest BCUT2D eigenvalue weighted by atomic mass is 32.2. The fourth-order valence-corrected chi connectivity index (χ4v) is 5.11. The van der Waals surface area contributed by atoms with Crippen molar-refractivity contribution in [2.24, 2.45) is 0 Å². The van der Waals surface area contributed by atoms with Gasteiger partial charge in [0.05, 0.1) is 9.79 Å². The number of rotatable bonds is 6. The van der Waals surface area contributed by atoms with Crippen molar-refractivity contribution in [2.45, 2.75) is 34.5 Å². The Morgan fingerprint density at radius 2 is 1.32 bits per heavy atom. The zero-order chi connectivity index (χ0) is 22.0. The first-order valence-corrected chi connectivity index (χ1v) is 12.1. The van der Waals surface area contributed by atoms with Crippen molar-refractivity contribution < 1.29 is 8.42 Å². The molecule has 1 heterocycles. The van der Waals surface area contributed by atoms with Gasteiger partial charge in [-0.1, -0.05) is 71.4 Å². The molecule has 0 saturated heterocycles. The normalized spacial score (nSPS) is 11.5. The summed E-state index contributed by atoms with van der Waals surface area (Å²) >= 11 is 1.45. The van der Waals surface area contributed by atoms with Gasteiger partial charge < -0.3 is 5.84 Å². The molecule has 0 aliphatic heterocycles. The maximum absolute atomic E-state index is 12.8. The summed E-state index contributed by atoms with van der Waals surface area (Å²) in [5.74, 6) is 7.38. The second kappa shape index (κ2) is 8.56. The first-order valence-electron chi connectivity index (χ1n) is 9.65. The van der Waals surface area contributed by atoms with Crippen molar-refractivity contribution in [3.63, 3.8) is 0 Å².